The van der Waals surface area contributed by atoms with Gasteiger partial charge < -0.3 is 29.1 Å². The maximum Gasteiger partial charge on any atom is 0.410 e. The Hall–Kier alpha value is -2.10. The lowest BCUT2D eigenvalue weighted by atomic mass is 9.74. The fourth-order valence-electron chi connectivity index (χ4n) is 6.46. The van der Waals surface area contributed by atoms with Crippen LogP contribution in [0.3, 0.4) is 0 Å². The maximum atomic E-state index is 15.3. The number of rotatable bonds is 12. The van der Waals surface area contributed by atoms with E-state index in [4.69, 9.17) is 25.8 Å². The second-order valence-corrected chi connectivity index (χ2v) is 13.8. The average Bonchev–Trinajstić information content (AvgIpc) is 2.96. The van der Waals surface area contributed by atoms with E-state index in [-0.39, 0.29) is 23.7 Å². The highest BCUT2D eigenvalue weighted by Gasteiger charge is 2.43. The van der Waals surface area contributed by atoms with E-state index in [1.54, 1.807) is 31.2 Å². The Bertz CT molecular complexity index is 1050. The van der Waals surface area contributed by atoms with Crippen LogP contribution in [0.4, 0.5) is 14.0 Å². The summed E-state index contributed by atoms with van der Waals surface area (Å²) >= 11 is 6.13. The number of ether oxygens (including phenoxy) is 3. The summed E-state index contributed by atoms with van der Waals surface area (Å²) < 4.78 is 32.1. The maximum absolute atomic E-state index is 15.3. The van der Waals surface area contributed by atoms with Gasteiger partial charge in [-0.25, -0.2) is 14.0 Å². The first-order chi connectivity index (χ1) is 20.3. The molecule has 0 spiro atoms. The molecular formula is C33H52ClFN2O6. The van der Waals surface area contributed by atoms with Crippen molar-refractivity contribution in [1.29, 1.82) is 0 Å². The topological polar surface area (TPSA) is 88.5 Å². The van der Waals surface area contributed by atoms with Crippen molar-refractivity contribution < 1.29 is 33.3 Å². The number of hydrogen-bond donors (Lipinski definition) is 1. The number of likely N-dealkylation sites (N-methyl/N-ethyl adjacent to an activating group) is 1. The summed E-state index contributed by atoms with van der Waals surface area (Å²) in [4.78, 5) is 29.5. The number of likely N-dealkylation sites (tertiary alicyclic amines) is 1. The van der Waals surface area contributed by atoms with Crippen LogP contribution in [0.2, 0.25) is 5.02 Å². The molecule has 0 radical (unpaired) electrons. The van der Waals surface area contributed by atoms with Crippen molar-refractivity contribution >= 4 is 23.8 Å². The zero-order chi connectivity index (χ0) is 31.6. The fraction of sp³-hybridized carbons (Fsp3) is 0.758. The second-order valence-electron chi connectivity index (χ2n) is 13.4. The van der Waals surface area contributed by atoms with Crippen LogP contribution >= 0.6 is 11.6 Å². The van der Waals surface area contributed by atoms with Gasteiger partial charge in [-0.3, -0.25) is 0 Å². The van der Waals surface area contributed by atoms with Crippen molar-refractivity contribution in [1.82, 2.24) is 9.80 Å². The summed E-state index contributed by atoms with van der Waals surface area (Å²) in [5.74, 6) is -0.614. The number of hydrogen-bond acceptors (Lipinski definition) is 6. The van der Waals surface area contributed by atoms with Gasteiger partial charge in [0.25, 0.3) is 0 Å². The molecule has 3 atom stereocenters. The highest BCUT2D eigenvalue weighted by molar-refractivity contribution is 6.30. The van der Waals surface area contributed by atoms with Crippen molar-refractivity contribution in [2.45, 2.75) is 109 Å². The van der Waals surface area contributed by atoms with Crippen molar-refractivity contribution in [3.05, 3.63) is 34.6 Å². The van der Waals surface area contributed by atoms with E-state index in [0.717, 1.165) is 25.7 Å². The molecule has 1 heterocycles. The predicted octanol–water partition coefficient (Wildman–Crippen LogP) is 7.54. The Kier molecular flexibility index (Phi) is 13.4. The molecule has 10 heteroatoms. The Labute approximate surface area is 262 Å². The van der Waals surface area contributed by atoms with E-state index >= 15 is 4.39 Å². The van der Waals surface area contributed by atoms with Crippen molar-refractivity contribution in [3.8, 4) is 0 Å². The van der Waals surface area contributed by atoms with Crippen LogP contribution in [-0.4, -0.2) is 79.2 Å². The molecule has 2 aliphatic rings. The molecule has 1 aromatic rings. The number of benzene rings is 1. The molecule has 1 aliphatic carbocycles. The Morgan fingerprint density at radius 2 is 1.86 bits per heavy atom. The van der Waals surface area contributed by atoms with Crippen LogP contribution in [0.1, 0.15) is 97.0 Å². The standard InChI is InChI=1S/C33H52ClFN2O6/c1-32(2,3)43-30(38)36(4)23-26(21-24-13-7-6-8-14-24)42-31(39)37-19-12-15-25(22-37)33(40,18-9-10-20-41-5)27-16-11-17-28(34)29(27)35/h11,16-17,24-26,40H,6-10,12-15,18-23H2,1-5H3/t25?,26?,33-/m0/s1. The lowest BCUT2D eigenvalue weighted by molar-refractivity contribution is -0.0651. The highest BCUT2D eigenvalue weighted by atomic mass is 35.5. The number of piperidine rings is 1. The van der Waals surface area contributed by atoms with Gasteiger partial charge in [0.05, 0.1) is 17.2 Å². The summed E-state index contributed by atoms with van der Waals surface area (Å²) in [5.41, 5.74) is -1.99. The van der Waals surface area contributed by atoms with Gasteiger partial charge in [0.15, 0.2) is 0 Å². The van der Waals surface area contributed by atoms with Crippen molar-refractivity contribution in [2.75, 3.05) is 40.4 Å². The number of carbonyl (C=O) groups is 2. The second kappa shape index (κ2) is 16.3. The molecule has 2 fully saturated rings. The minimum absolute atomic E-state index is 0.0421. The molecule has 0 bridgehead atoms. The van der Waals surface area contributed by atoms with E-state index in [2.05, 4.69) is 0 Å². The van der Waals surface area contributed by atoms with Gasteiger partial charge in [0.1, 0.15) is 17.5 Å². The van der Waals surface area contributed by atoms with Crippen LogP contribution in [0.25, 0.3) is 0 Å². The van der Waals surface area contributed by atoms with Crippen molar-refractivity contribution in [3.63, 3.8) is 0 Å². The highest BCUT2D eigenvalue weighted by Crippen LogP contribution is 2.42. The average molecular weight is 627 g/mol. The minimum atomic E-state index is -1.51. The van der Waals surface area contributed by atoms with Crippen molar-refractivity contribution in [2.24, 2.45) is 11.8 Å². The molecule has 1 N–H and O–H groups in total. The number of carbonyl (C=O) groups excluding carboxylic acids is 2. The van der Waals surface area contributed by atoms with Gasteiger partial charge in [-0.1, -0.05) is 55.8 Å². The molecule has 43 heavy (non-hydrogen) atoms. The summed E-state index contributed by atoms with van der Waals surface area (Å²) in [7, 11) is 3.29. The molecule has 1 aliphatic heterocycles. The van der Waals surface area contributed by atoms with Crippen LogP contribution in [0.5, 0.6) is 0 Å². The molecule has 1 saturated heterocycles. The first-order valence-corrected chi connectivity index (χ1v) is 16.3. The molecule has 1 aromatic carbocycles. The third-order valence-electron chi connectivity index (χ3n) is 8.70. The van der Waals surface area contributed by atoms with Crippen LogP contribution in [0, 0.1) is 17.7 Å². The minimum Gasteiger partial charge on any atom is -0.444 e. The van der Waals surface area contributed by atoms with E-state index in [9.17, 15) is 14.7 Å². The predicted molar refractivity (Wildman–Crippen MR) is 166 cm³/mol. The molecule has 1 saturated carbocycles. The number of amides is 2. The lowest BCUT2D eigenvalue weighted by Crippen LogP contribution is -2.50. The molecule has 2 unspecified atom stereocenters. The van der Waals surface area contributed by atoms with Gasteiger partial charge >= 0.3 is 12.2 Å². The Morgan fingerprint density at radius 3 is 2.53 bits per heavy atom. The van der Waals surface area contributed by atoms with Gasteiger partial charge in [0, 0.05) is 45.3 Å². The van der Waals surface area contributed by atoms with E-state index in [1.165, 1.54) is 17.4 Å². The zero-order valence-corrected chi connectivity index (χ0v) is 27.5. The van der Waals surface area contributed by atoms with Crippen LogP contribution < -0.4 is 0 Å². The lowest BCUT2D eigenvalue weighted by Gasteiger charge is -2.43. The molecule has 244 valence electrons. The number of unbranched alkanes of at least 4 members (excludes halogenated alkanes) is 1. The van der Waals surface area contributed by atoms with Crippen LogP contribution in [0.15, 0.2) is 18.2 Å². The largest absolute Gasteiger partial charge is 0.444 e. The summed E-state index contributed by atoms with van der Waals surface area (Å²) in [6, 6.07) is 4.70. The first kappa shape index (κ1) is 35.4. The molecule has 0 aromatic heterocycles. The molecule has 3 rings (SSSR count). The Morgan fingerprint density at radius 1 is 1.14 bits per heavy atom. The van der Waals surface area contributed by atoms with Gasteiger partial charge in [-0.15, -0.1) is 0 Å². The SMILES string of the molecule is COCCCC[C@@](O)(c1cccc(Cl)c1F)C1CCCN(C(=O)OC(CC2CCCCC2)CN(C)C(=O)OC(C)(C)C)C1. The smallest absolute Gasteiger partial charge is 0.410 e. The monoisotopic (exact) mass is 626 g/mol. The third-order valence-corrected chi connectivity index (χ3v) is 8.99. The zero-order valence-electron chi connectivity index (χ0n) is 26.7. The number of nitrogens with zero attached hydrogens (tertiary/aromatic N) is 2. The quantitative estimate of drug-likeness (QED) is 0.241. The van der Waals surface area contributed by atoms with E-state index in [1.807, 2.05) is 20.8 Å². The van der Waals surface area contributed by atoms with E-state index in [0.29, 0.717) is 57.6 Å². The fourth-order valence-corrected chi connectivity index (χ4v) is 6.64. The normalized spacial score (nSPS) is 20.3. The van der Waals surface area contributed by atoms with Gasteiger partial charge in [0.2, 0.25) is 0 Å². The summed E-state index contributed by atoms with van der Waals surface area (Å²) in [6.07, 6.45) is 7.86. The Balaban J connectivity index is 1.76. The molecule has 8 nitrogen and oxygen atoms in total. The number of aliphatic hydroxyl groups is 1. The van der Waals surface area contributed by atoms with Crippen LogP contribution in [-0.2, 0) is 19.8 Å². The molecule has 2 amide bonds. The van der Waals surface area contributed by atoms with Gasteiger partial charge in [-0.05, 0) is 71.3 Å². The first-order valence-electron chi connectivity index (χ1n) is 15.9. The summed E-state index contributed by atoms with van der Waals surface area (Å²) in [6.45, 7) is 6.93. The molecular weight excluding hydrogens is 575 g/mol. The van der Waals surface area contributed by atoms with Gasteiger partial charge in [-0.2, -0.15) is 0 Å². The van der Waals surface area contributed by atoms with E-state index < -0.39 is 41.2 Å². The third kappa shape index (κ3) is 10.5. The number of methoxy groups -OCH3 is 1. The summed E-state index contributed by atoms with van der Waals surface area (Å²) in [5, 5.41) is 12.1. The number of halogens is 2.